The smallest absolute Gasteiger partial charge is 0.258 e. The molecule has 2 aromatic rings. The van der Waals surface area contributed by atoms with Gasteiger partial charge in [-0.2, -0.15) is 0 Å². The average molecular weight is 381 g/mol. The Hall–Kier alpha value is -2.74. The highest BCUT2D eigenvalue weighted by atomic mass is 16.2. The molecule has 2 aromatic heterocycles. The fourth-order valence-corrected chi connectivity index (χ4v) is 4.98. The van der Waals surface area contributed by atoms with Crippen molar-refractivity contribution in [2.45, 2.75) is 38.4 Å². The second-order valence-electron chi connectivity index (χ2n) is 8.10. The molecule has 146 valence electrons. The molecule has 0 radical (unpaired) electrons. The molecule has 5 heterocycles. The van der Waals surface area contributed by atoms with Crippen LogP contribution in [0.3, 0.4) is 0 Å². The summed E-state index contributed by atoms with van der Waals surface area (Å²) >= 11 is 0. The van der Waals surface area contributed by atoms with Crippen molar-refractivity contribution in [2.75, 3.05) is 13.1 Å². The molecule has 0 spiro atoms. The van der Waals surface area contributed by atoms with E-state index in [0.717, 1.165) is 18.7 Å². The molecule has 1 saturated heterocycles. The first-order chi connectivity index (χ1) is 13.5. The van der Waals surface area contributed by atoms with Crippen LogP contribution in [0.5, 0.6) is 0 Å². The summed E-state index contributed by atoms with van der Waals surface area (Å²) in [6.45, 7) is 3.91. The number of carbonyl (C=O) groups excluding carboxylic acids is 1. The van der Waals surface area contributed by atoms with Gasteiger partial charge in [-0.3, -0.25) is 23.5 Å². The normalized spacial score (nSPS) is 25.4. The minimum Gasteiger partial charge on any atom is -0.330 e. The Kier molecular flexibility index (Phi) is 3.80. The number of nitrogens with zero attached hydrogens (tertiary/aromatic N) is 4. The minimum atomic E-state index is -0.535. The van der Waals surface area contributed by atoms with Gasteiger partial charge in [0.2, 0.25) is 5.91 Å². The molecule has 2 bridgehead atoms. The molecule has 28 heavy (non-hydrogen) atoms. The van der Waals surface area contributed by atoms with Crippen molar-refractivity contribution < 1.29 is 4.79 Å². The molecule has 8 heteroatoms. The average Bonchev–Trinajstić information content (AvgIpc) is 3.11. The number of rotatable bonds is 1. The predicted molar refractivity (Wildman–Crippen MR) is 102 cm³/mol. The van der Waals surface area contributed by atoms with E-state index in [-0.39, 0.29) is 35.4 Å². The van der Waals surface area contributed by atoms with Crippen LogP contribution in [0.25, 0.3) is 0 Å². The van der Waals surface area contributed by atoms with Gasteiger partial charge in [0, 0.05) is 43.7 Å². The van der Waals surface area contributed by atoms with Crippen LogP contribution in [0, 0.1) is 12.8 Å². The molecule has 1 N–H and O–H groups in total. The molecule has 0 saturated carbocycles. The Morgan fingerprint density at radius 1 is 1.21 bits per heavy atom. The second-order valence-corrected chi connectivity index (χ2v) is 8.10. The molecule has 1 amide bonds. The van der Waals surface area contributed by atoms with E-state index in [1.165, 1.54) is 10.6 Å². The summed E-state index contributed by atoms with van der Waals surface area (Å²) in [5, 5.41) is 3.41. The number of aryl methyl sites for hydroxylation is 1. The fourth-order valence-electron chi connectivity index (χ4n) is 4.98. The molecule has 1 fully saturated rings. The largest absolute Gasteiger partial charge is 0.330 e. The molecular formula is C20H23N5O3. The van der Waals surface area contributed by atoms with Crippen LogP contribution >= 0.6 is 0 Å². The van der Waals surface area contributed by atoms with Gasteiger partial charge >= 0.3 is 0 Å². The fraction of sp³-hybridized carbons (Fsp3) is 0.500. The standard InChI is InChI=1S/C20H23N5O3/c1-11-22-15-10-24(9-14(15)19(27)23(11)2)20(28)18-13-6-12(7-21-8-13)16-4-3-5-17(26)25(16)18/h3-5,12-13,18,21H,6-10H2,1-2H3/t12-,13+,18-/m1/s1. The lowest BCUT2D eigenvalue weighted by Crippen LogP contribution is -2.52. The first-order valence-electron chi connectivity index (χ1n) is 9.72. The van der Waals surface area contributed by atoms with Crippen LogP contribution in [0.2, 0.25) is 0 Å². The molecule has 3 aliphatic rings. The Labute approximate surface area is 161 Å². The molecule has 3 atom stereocenters. The van der Waals surface area contributed by atoms with Gasteiger partial charge in [0.15, 0.2) is 0 Å². The number of piperidine rings is 1. The number of nitrogens with one attached hydrogen (secondary N) is 1. The number of pyridine rings is 1. The third kappa shape index (κ3) is 2.40. The van der Waals surface area contributed by atoms with Gasteiger partial charge in [-0.15, -0.1) is 0 Å². The molecule has 0 aliphatic carbocycles. The lowest BCUT2D eigenvalue weighted by Gasteiger charge is -2.43. The maximum absolute atomic E-state index is 13.6. The van der Waals surface area contributed by atoms with E-state index in [9.17, 15) is 14.4 Å². The molecule has 5 rings (SSSR count). The quantitative estimate of drug-likeness (QED) is 0.754. The highest BCUT2D eigenvalue weighted by Gasteiger charge is 2.44. The third-order valence-corrected chi connectivity index (χ3v) is 6.50. The summed E-state index contributed by atoms with van der Waals surface area (Å²) < 4.78 is 3.21. The first kappa shape index (κ1) is 17.4. The molecule has 0 aromatic carbocycles. The van der Waals surface area contributed by atoms with Crippen molar-refractivity contribution >= 4 is 5.91 Å². The van der Waals surface area contributed by atoms with Crippen LogP contribution in [0.15, 0.2) is 27.8 Å². The summed E-state index contributed by atoms with van der Waals surface area (Å²) in [6.07, 6.45) is 0.896. The van der Waals surface area contributed by atoms with E-state index in [4.69, 9.17) is 0 Å². The first-order valence-corrected chi connectivity index (χ1v) is 9.72. The Morgan fingerprint density at radius 3 is 2.86 bits per heavy atom. The third-order valence-electron chi connectivity index (χ3n) is 6.50. The van der Waals surface area contributed by atoms with Crippen LogP contribution in [-0.4, -0.2) is 38.0 Å². The molecule has 8 nitrogen and oxygen atoms in total. The van der Waals surface area contributed by atoms with E-state index < -0.39 is 6.04 Å². The summed E-state index contributed by atoms with van der Waals surface area (Å²) in [4.78, 5) is 45.0. The number of aromatic nitrogens is 3. The van der Waals surface area contributed by atoms with Crippen molar-refractivity contribution in [1.82, 2.24) is 24.3 Å². The van der Waals surface area contributed by atoms with Gasteiger partial charge in [0.1, 0.15) is 11.9 Å². The van der Waals surface area contributed by atoms with Crippen LogP contribution < -0.4 is 16.4 Å². The zero-order valence-corrected chi connectivity index (χ0v) is 16.0. The van der Waals surface area contributed by atoms with E-state index in [2.05, 4.69) is 10.3 Å². The van der Waals surface area contributed by atoms with Gasteiger partial charge in [-0.25, -0.2) is 4.98 Å². The number of amides is 1. The van der Waals surface area contributed by atoms with Crippen molar-refractivity contribution in [3.63, 3.8) is 0 Å². The zero-order valence-electron chi connectivity index (χ0n) is 16.0. The van der Waals surface area contributed by atoms with Crippen LogP contribution in [-0.2, 0) is 24.9 Å². The molecule has 0 unspecified atom stereocenters. The van der Waals surface area contributed by atoms with Crippen molar-refractivity contribution in [3.8, 4) is 0 Å². The van der Waals surface area contributed by atoms with Gasteiger partial charge in [-0.1, -0.05) is 6.07 Å². The predicted octanol–water partition coefficient (Wildman–Crippen LogP) is 0.0406. The van der Waals surface area contributed by atoms with Crippen molar-refractivity contribution in [1.29, 1.82) is 0 Å². The Balaban J connectivity index is 1.54. The lowest BCUT2D eigenvalue weighted by atomic mass is 9.79. The summed E-state index contributed by atoms with van der Waals surface area (Å²) in [7, 11) is 1.69. The highest BCUT2D eigenvalue weighted by Crippen LogP contribution is 2.40. The molecular weight excluding hydrogens is 358 g/mol. The van der Waals surface area contributed by atoms with E-state index in [0.29, 0.717) is 30.2 Å². The maximum atomic E-state index is 13.6. The Morgan fingerprint density at radius 2 is 2.04 bits per heavy atom. The Bertz CT molecular complexity index is 1100. The number of fused-ring (bicyclic) bond motifs is 5. The van der Waals surface area contributed by atoms with Gasteiger partial charge in [-0.05, 0) is 19.4 Å². The second kappa shape index (κ2) is 6.13. The summed E-state index contributed by atoms with van der Waals surface area (Å²) in [5.74, 6) is 0.861. The van der Waals surface area contributed by atoms with Gasteiger partial charge < -0.3 is 10.2 Å². The van der Waals surface area contributed by atoms with Crippen molar-refractivity contribution in [3.05, 3.63) is 61.7 Å². The van der Waals surface area contributed by atoms with Crippen LogP contribution in [0.4, 0.5) is 0 Å². The summed E-state index contributed by atoms with van der Waals surface area (Å²) in [5.41, 5.74) is 1.95. The minimum absolute atomic E-state index is 0.0695. The van der Waals surface area contributed by atoms with E-state index >= 15 is 0 Å². The maximum Gasteiger partial charge on any atom is 0.258 e. The SMILES string of the molecule is Cc1nc2c(c(=O)n1C)CN(C(=O)[C@H]1[C@@H]3CNC[C@@H](C3)c3cccc(=O)n31)C2. The monoisotopic (exact) mass is 381 g/mol. The van der Waals surface area contributed by atoms with E-state index in [1.807, 2.05) is 6.07 Å². The number of hydrogen-bond acceptors (Lipinski definition) is 5. The lowest BCUT2D eigenvalue weighted by molar-refractivity contribution is -0.138. The zero-order chi connectivity index (χ0) is 19.6. The van der Waals surface area contributed by atoms with Gasteiger partial charge in [0.25, 0.3) is 11.1 Å². The topological polar surface area (TPSA) is 89.2 Å². The number of carbonyl (C=O) groups is 1. The summed E-state index contributed by atoms with van der Waals surface area (Å²) in [6, 6.07) is 4.71. The molecule has 3 aliphatic heterocycles. The van der Waals surface area contributed by atoms with E-state index in [1.54, 1.807) is 29.5 Å². The van der Waals surface area contributed by atoms with Gasteiger partial charge in [0.05, 0.1) is 24.3 Å². The van der Waals surface area contributed by atoms with Crippen LogP contribution in [0.1, 0.15) is 41.2 Å². The highest BCUT2D eigenvalue weighted by molar-refractivity contribution is 5.82. The van der Waals surface area contributed by atoms with Crippen molar-refractivity contribution in [2.24, 2.45) is 13.0 Å². The number of hydrogen-bond donors (Lipinski definition) is 1.